The van der Waals surface area contributed by atoms with Crippen LogP contribution >= 0.6 is 11.3 Å². The van der Waals surface area contributed by atoms with Crippen molar-refractivity contribution in [2.24, 2.45) is 0 Å². The number of hydrogen-bond acceptors (Lipinski definition) is 4. The lowest BCUT2D eigenvalue weighted by atomic mass is 10.1. The topological polar surface area (TPSA) is 37.8 Å². The van der Waals surface area contributed by atoms with Gasteiger partial charge in [0, 0.05) is 12.1 Å². The highest BCUT2D eigenvalue weighted by Gasteiger charge is 2.07. The van der Waals surface area contributed by atoms with Crippen LogP contribution in [0.25, 0.3) is 10.6 Å². The molecule has 2 rings (SSSR count). The molecule has 1 aromatic heterocycles. The first kappa shape index (κ1) is 11.2. The average molecular weight is 237 g/mol. The van der Waals surface area contributed by atoms with Crippen LogP contribution in [-0.2, 0) is 6.54 Å². The standard InChI is InChI=1S/C11H12FN3S/c1-7-3-4-8(5-9(7)12)11-15-14-10(16-11)6-13-2/h3-5,13H,6H2,1-2H3. The van der Waals surface area contributed by atoms with Gasteiger partial charge in [-0.15, -0.1) is 10.2 Å². The molecule has 0 aliphatic carbocycles. The molecule has 0 unspecified atom stereocenters. The summed E-state index contributed by atoms with van der Waals surface area (Å²) in [5.41, 5.74) is 1.42. The first-order chi connectivity index (χ1) is 7.70. The van der Waals surface area contributed by atoms with Gasteiger partial charge in [-0.25, -0.2) is 4.39 Å². The molecule has 0 spiro atoms. The fourth-order valence-electron chi connectivity index (χ4n) is 1.32. The lowest BCUT2D eigenvalue weighted by Gasteiger charge is -1.98. The molecule has 0 atom stereocenters. The van der Waals surface area contributed by atoms with Gasteiger partial charge in [0.15, 0.2) is 0 Å². The summed E-state index contributed by atoms with van der Waals surface area (Å²) in [6.45, 7) is 2.43. The second-order valence-electron chi connectivity index (χ2n) is 3.50. The normalized spacial score (nSPS) is 10.7. The molecule has 84 valence electrons. The van der Waals surface area contributed by atoms with Gasteiger partial charge < -0.3 is 5.32 Å². The van der Waals surface area contributed by atoms with Crippen molar-refractivity contribution in [3.63, 3.8) is 0 Å². The summed E-state index contributed by atoms with van der Waals surface area (Å²) in [6.07, 6.45) is 0. The summed E-state index contributed by atoms with van der Waals surface area (Å²) in [5, 5.41) is 12.7. The van der Waals surface area contributed by atoms with E-state index in [1.54, 1.807) is 13.0 Å². The van der Waals surface area contributed by atoms with E-state index in [1.165, 1.54) is 17.4 Å². The van der Waals surface area contributed by atoms with E-state index in [2.05, 4.69) is 15.5 Å². The third-order valence-electron chi connectivity index (χ3n) is 2.21. The van der Waals surface area contributed by atoms with E-state index in [0.717, 1.165) is 15.6 Å². The Kier molecular flexibility index (Phi) is 3.26. The van der Waals surface area contributed by atoms with Crippen LogP contribution in [0.5, 0.6) is 0 Å². The molecular weight excluding hydrogens is 225 g/mol. The van der Waals surface area contributed by atoms with Crippen molar-refractivity contribution in [1.29, 1.82) is 0 Å². The molecule has 1 heterocycles. The third kappa shape index (κ3) is 2.25. The Morgan fingerprint density at radius 3 is 2.88 bits per heavy atom. The van der Waals surface area contributed by atoms with Crippen LogP contribution in [0.4, 0.5) is 4.39 Å². The molecule has 0 saturated carbocycles. The number of halogens is 1. The Bertz CT molecular complexity index is 496. The van der Waals surface area contributed by atoms with Gasteiger partial charge in [-0.1, -0.05) is 23.5 Å². The number of hydrogen-bond donors (Lipinski definition) is 1. The molecule has 5 heteroatoms. The molecule has 16 heavy (non-hydrogen) atoms. The highest BCUT2D eigenvalue weighted by atomic mass is 32.1. The lowest BCUT2D eigenvalue weighted by Crippen LogP contribution is -2.04. The monoisotopic (exact) mass is 237 g/mol. The molecule has 0 aliphatic heterocycles. The van der Waals surface area contributed by atoms with Gasteiger partial charge in [-0.3, -0.25) is 0 Å². The number of aryl methyl sites for hydroxylation is 1. The molecule has 0 amide bonds. The molecule has 0 saturated heterocycles. The van der Waals surface area contributed by atoms with Crippen molar-refractivity contribution in [2.45, 2.75) is 13.5 Å². The highest BCUT2D eigenvalue weighted by Crippen LogP contribution is 2.24. The molecule has 0 radical (unpaired) electrons. The zero-order chi connectivity index (χ0) is 11.5. The van der Waals surface area contributed by atoms with Gasteiger partial charge in [0.25, 0.3) is 0 Å². The summed E-state index contributed by atoms with van der Waals surface area (Å²) >= 11 is 1.47. The van der Waals surface area contributed by atoms with Crippen LogP contribution in [0, 0.1) is 12.7 Å². The van der Waals surface area contributed by atoms with Gasteiger partial charge >= 0.3 is 0 Å². The molecule has 1 N–H and O–H groups in total. The van der Waals surface area contributed by atoms with E-state index in [0.29, 0.717) is 12.1 Å². The van der Waals surface area contributed by atoms with Crippen molar-refractivity contribution < 1.29 is 4.39 Å². The zero-order valence-corrected chi connectivity index (χ0v) is 9.94. The number of nitrogens with one attached hydrogen (secondary N) is 1. The number of nitrogens with zero attached hydrogens (tertiary/aromatic N) is 2. The maximum atomic E-state index is 13.4. The predicted octanol–water partition coefficient (Wildman–Crippen LogP) is 2.37. The molecule has 0 aliphatic rings. The first-order valence-electron chi connectivity index (χ1n) is 4.94. The summed E-state index contributed by atoms with van der Waals surface area (Å²) in [4.78, 5) is 0. The van der Waals surface area contributed by atoms with Crippen molar-refractivity contribution >= 4 is 11.3 Å². The van der Waals surface area contributed by atoms with E-state index in [4.69, 9.17) is 0 Å². The summed E-state index contributed by atoms with van der Waals surface area (Å²) < 4.78 is 13.4. The predicted molar refractivity (Wildman–Crippen MR) is 62.8 cm³/mol. The van der Waals surface area contributed by atoms with Crippen LogP contribution in [0.1, 0.15) is 10.6 Å². The second-order valence-corrected chi connectivity index (χ2v) is 4.56. The van der Waals surface area contributed by atoms with Crippen molar-refractivity contribution in [1.82, 2.24) is 15.5 Å². The number of aromatic nitrogens is 2. The van der Waals surface area contributed by atoms with E-state index < -0.39 is 0 Å². The van der Waals surface area contributed by atoms with Crippen LogP contribution in [-0.4, -0.2) is 17.2 Å². The fourth-order valence-corrected chi connectivity index (χ4v) is 2.17. The summed E-state index contributed by atoms with van der Waals surface area (Å²) in [6, 6.07) is 5.12. The quantitative estimate of drug-likeness (QED) is 0.890. The van der Waals surface area contributed by atoms with Crippen LogP contribution < -0.4 is 5.32 Å². The molecule has 0 fully saturated rings. The Hall–Kier alpha value is -1.33. The van der Waals surface area contributed by atoms with Crippen molar-refractivity contribution in [3.8, 4) is 10.6 Å². The van der Waals surface area contributed by atoms with Crippen LogP contribution in [0.3, 0.4) is 0 Å². The number of benzene rings is 1. The maximum absolute atomic E-state index is 13.4. The van der Waals surface area contributed by atoms with Gasteiger partial charge in [-0.05, 0) is 25.6 Å². The van der Waals surface area contributed by atoms with E-state index in [9.17, 15) is 4.39 Å². The Balaban J connectivity index is 2.31. The lowest BCUT2D eigenvalue weighted by molar-refractivity contribution is 0.619. The van der Waals surface area contributed by atoms with Crippen molar-refractivity contribution in [2.75, 3.05) is 7.05 Å². The molecule has 3 nitrogen and oxygen atoms in total. The SMILES string of the molecule is CNCc1nnc(-c2ccc(C)c(F)c2)s1. The van der Waals surface area contributed by atoms with Crippen LogP contribution in [0.2, 0.25) is 0 Å². The summed E-state index contributed by atoms with van der Waals surface area (Å²) in [7, 11) is 1.85. The Morgan fingerprint density at radius 1 is 1.38 bits per heavy atom. The smallest absolute Gasteiger partial charge is 0.147 e. The second kappa shape index (κ2) is 4.67. The average Bonchev–Trinajstić information content (AvgIpc) is 2.71. The molecule has 2 aromatic rings. The third-order valence-corrected chi connectivity index (χ3v) is 3.19. The largest absolute Gasteiger partial charge is 0.313 e. The Morgan fingerprint density at radius 2 is 2.19 bits per heavy atom. The minimum Gasteiger partial charge on any atom is -0.313 e. The first-order valence-corrected chi connectivity index (χ1v) is 5.76. The van der Waals surface area contributed by atoms with E-state index in [-0.39, 0.29) is 5.82 Å². The van der Waals surface area contributed by atoms with Crippen LogP contribution in [0.15, 0.2) is 18.2 Å². The highest BCUT2D eigenvalue weighted by molar-refractivity contribution is 7.14. The molecule has 0 bridgehead atoms. The molecule has 1 aromatic carbocycles. The van der Waals surface area contributed by atoms with Gasteiger partial charge in [0.1, 0.15) is 15.8 Å². The van der Waals surface area contributed by atoms with E-state index >= 15 is 0 Å². The fraction of sp³-hybridized carbons (Fsp3) is 0.273. The molecular formula is C11H12FN3S. The summed E-state index contributed by atoms with van der Waals surface area (Å²) in [5.74, 6) is -0.206. The van der Waals surface area contributed by atoms with Gasteiger partial charge in [0.2, 0.25) is 0 Å². The van der Waals surface area contributed by atoms with Crippen molar-refractivity contribution in [3.05, 3.63) is 34.6 Å². The van der Waals surface area contributed by atoms with Gasteiger partial charge in [-0.2, -0.15) is 0 Å². The van der Waals surface area contributed by atoms with E-state index in [1.807, 2.05) is 13.1 Å². The van der Waals surface area contributed by atoms with Gasteiger partial charge in [0.05, 0.1) is 0 Å². The minimum atomic E-state index is -0.206. The zero-order valence-electron chi connectivity index (χ0n) is 9.12. The number of rotatable bonds is 3. The minimum absolute atomic E-state index is 0.206. The maximum Gasteiger partial charge on any atom is 0.147 e. The Labute approximate surface area is 97.3 Å².